The molecule has 2 aliphatic rings. The summed E-state index contributed by atoms with van der Waals surface area (Å²) in [6, 6.07) is 9.60. The number of rotatable bonds is 2. The third-order valence-electron chi connectivity index (χ3n) is 4.97. The highest BCUT2D eigenvalue weighted by Gasteiger charge is 2.34. The van der Waals surface area contributed by atoms with Gasteiger partial charge in [0.2, 0.25) is 0 Å². The number of nitrogens with zero attached hydrogens (tertiary/aromatic N) is 4. The van der Waals surface area contributed by atoms with Crippen LogP contribution in [0.15, 0.2) is 30.3 Å². The van der Waals surface area contributed by atoms with Crippen LogP contribution in [0.1, 0.15) is 49.8 Å². The summed E-state index contributed by atoms with van der Waals surface area (Å²) in [5.41, 5.74) is 0.827. The van der Waals surface area contributed by atoms with E-state index in [1.807, 2.05) is 35.2 Å². The zero-order valence-electron chi connectivity index (χ0n) is 13.8. The van der Waals surface area contributed by atoms with E-state index in [0.29, 0.717) is 0 Å². The van der Waals surface area contributed by atoms with Crippen LogP contribution in [0.4, 0.5) is 10.5 Å². The lowest BCUT2D eigenvalue weighted by atomic mass is 10.2. The molecule has 1 aromatic heterocycles. The van der Waals surface area contributed by atoms with Crippen LogP contribution in [-0.2, 0) is 13.0 Å². The maximum absolute atomic E-state index is 12.7. The van der Waals surface area contributed by atoms with E-state index in [0.717, 1.165) is 49.7 Å². The molecule has 1 N–H and O–H groups in total. The monoisotopic (exact) mass is 325 g/mol. The number of anilines is 1. The number of hydrogen-bond acceptors (Lipinski definition) is 3. The molecule has 1 fully saturated rings. The summed E-state index contributed by atoms with van der Waals surface area (Å²) >= 11 is 0. The summed E-state index contributed by atoms with van der Waals surface area (Å²) < 4.78 is 2.26. The van der Waals surface area contributed by atoms with Gasteiger partial charge in [-0.3, -0.25) is 0 Å². The van der Waals surface area contributed by atoms with Crippen molar-refractivity contribution in [2.24, 2.45) is 0 Å². The molecule has 2 aromatic rings. The molecule has 0 radical (unpaired) electrons. The minimum atomic E-state index is -0.0466. The number of nitrogens with one attached hydrogen (secondary N) is 1. The lowest BCUT2D eigenvalue weighted by Gasteiger charge is -2.25. The van der Waals surface area contributed by atoms with Gasteiger partial charge in [-0.25, -0.2) is 4.79 Å². The van der Waals surface area contributed by atoms with Gasteiger partial charge in [0, 0.05) is 25.2 Å². The first-order valence-electron chi connectivity index (χ1n) is 8.87. The largest absolute Gasteiger partial charge is 0.322 e. The fourth-order valence-corrected chi connectivity index (χ4v) is 3.75. The van der Waals surface area contributed by atoms with Crippen molar-refractivity contribution in [3.05, 3.63) is 42.0 Å². The van der Waals surface area contributed by atoms with Crippen LogP contribution in [0.25, 0.3) is 0 Å². The van der Waals surface area contributed by atoms with Gasteiger partial charge in [0.1, 0.15) is 5.82 Å². The SMILES string of the molecule is O=C(Nc1ccccc1)N1CCCC1c1nnc2n1CCCCC2. The number of carbonyl (C=O) groups excluding carboxylic acids is 1. The van der Waals surface area contributed by atoms with Crippen molar-refractivity contribution in [1.82, 2.24) is 19.7 Å². The zero-order chi connectivity index (χ0) is 16.4. The molecule has 1 atom stereocenters. The molecule has 0 saturated carbocycles. The van der Waals surface area contributed by atoms with E-state index >= 15 is 0 Å². The smallest absolute Gasteiger partial charge is 0.314 e. The average Bonchev–Trinajstić information content (AvgIpc) is 3.17. The zero-order valence-corrected chi connectivity index (χ0v) is 13.8. The third kappa shape index (κ3) is 2.88. The second kappa shape index (κ2) is 6.63. The number of urea groups is 1. The molecule has 126 valence electrons. The Morgan fingerprint density at radius 3 is 2.79 bits per heavy atom. The Hall–Kier alpha value is -2.37. The summed E-state index contributed by atoms with van der Waals surface area (Å²) in [6.07, 6.45) is 6.55. The summed E-state index contributed by atoms with van der Waals surface area (Å²) in [5.74, 6) is 2.05. The summed E-state index contributed by atoms with van der Waals surface area (Å²) in [4.78, 5) is 14.6. The minimum absolute atomic E-state index is 0.0352. The highest BCUT2D eigenvalue weighted by Crippen LogP contribution is 2.32. The summed E-state index contributed by atoms with van der Waals surface area (Å²) in [6.45, 7) is 1.74. The Kier molecular flexibility index (Phi) is 4.19. The first-order chi connectivity index (χ1) is 11.8. The maximum atomic E-state index is 12.7. The van der Waals surface area contributed by atoms with E-state index in [4.69, 9.17) is 0 Å². The van der Waals surface area contributed by atoms with Crippen LogP contribution in [0, 0.1) is 0 Å². The van der Waals surface area contributed by atoms with E-state index in [1.165, 1.54) is 19.3 Å². The molecule has 1 aromatic carbocycles. The van der Waals surface area contributed by atoms with Gasteiger partial charge in [-0.15, -0.1) is 10.2 Å². The predicted molar refractivity (Wildman–Crippen MR) is 91.7 cm³/mol. The topological polar surface area (TPSA) is 63.1 Å². The second-order valence-electron chi connectivity index (χ2n) is 6.58. The lowest BCUT2D eigenvalue weighted by Crippen LogP contribution is -2.35. The van der Waals surface area contributed by atoms with Crippen LogP contribution in [0.3, 0.4) is 0 Å². The number of amides is 2. The van der Waals surface area contributed by atoms with Gasteiger partial charge < -0.3 is 14.8 Å². The highest BCUT2D eigenvalue weighted by molar-refractivity contribution is 5.89. The molecule has 0 spiro atoms. The van der Waals surface area contributed by atoms with Crippen molar-refractivity contribution >= 4 is 11.7 Å². The molecule has 0 aliphatic carbocycles. The van der Waals surface area contributed by atoms with E-state index in [-0.39, 0.29) is 12.1 Å². The van der Waals surface area contributed by atoms with Gasteiger partial charge in [-0.2, -0.15) is 0 Å². The second-order valence-corrected chi connectivity index (χ2v) is 6.58. The molecule has 3 heterocycles. The van der Waals surface area contributed by atoms with Crippen LogP contribution >= 0.6 is 0 Å². The molecule has 1 saturated heterocycles. The number of para-hydroxylation sites is 1. The summed E-state index contributed by atoms with van der Waals surface area (Å²) in [5, 5.41) is 11.8. The Morgan fingerprint density at radius 2 is 1.92 bits per heavy atom. The number of hydrogen-bond donors (Lipinski definition) is 1. The van der Waals surface area contributed by atoms with Gasteiger partial charge in [0.05, 0.1) is 6.04 Å². The molecule has 6 nitrogen and oxygen atoms in total. The predicted octanol–water partition coefficient (Wildman–Crippen LogP) is 3.37. The standard InChI is InChI=1S/C18H23N5O/c24-18(19-14-8-3-1-4-9-14)22-13-7-10-15(22)17-21-20-16-11-5-2-6-12-23(16)17/h1,3-4,8-9,15H,2,5-7,10-13H2,(H,19,24). The van der Waals surface area contributed by atoms with Crippen LogP contribution in [0.5, 0.6) is 0 Å². The van der Waals surface area contributed by atoms with E-state index < -0.39 is 0 Å². The summed E-state index contributed by atoms with van der Waals surface area (Å²) in [7, 11) is 0. The first-order valence-corrected chi connectivity index (χ1v) is 8.87. The number of carbonyl (C=O) groups is 1. The number of likely N-dealkylation sites (tertiary alicyclic amines) is 1. The van der Waals surface area contributed by atoms with E-state index in [9.17, 15) is 4.79 Å². The van der Waals surface area contributed by atoms with Crippen molar-refractivity contribution < 1.29 is 4.79 Å². The number of aromatic nitrogens is 3. The van der Waals surface area contributed by atoms with Crippen molar-refractivity contribution in [3.8, 4) is 0 Å². The first kappa shape index (κ1) is 15.2. The highest BCUT2D eigenvalue weighted by atomic mass is 16.2. The van der Waals surface area contributed by atoms with Crippen LogP contribution < -0.4 is 5.32 Å². The number of aryl methyl sites for hydroxylation is 1. The quantitative estimate of drug-likeness (QED) is 0.921. The Balaban J connectivity index is 1.55. The van der Waals surface area contributed by atoms with E-state index in [1.54, 1.807) is 0 Å². The molecular formula is C18H23N5O. The van der Waals surface area contributed by atoms with Crippen LogP contribution in [-0.4, -0.2) is 32.2 Å². The van der Waals surface area contributed by atoms with Gasteiger partial charge in [0.25, 0.3) is 0 Å². The Labute approximate surface area is 141 Å². The molecule has 24 heavy (non-hydrogen) atoms. The van der Waals surface area contributed by atoms with Crippen molar-refractivity contribution in [1.29, 1.82) is 0 Å². The number of benzene rings is 1. The Morgan fingerprint density at radius 1 is 1.04 bits per heavy atom. The van der Waals surface area contributed by atoms with Crippen molar-refractivity contribution in [3.63, 3.8) is 0 Å². The molecular weight excluding hydrogens is 302 g/mol. The molecule has 6 heteroatoms. The number of fused-ring (bicyclic) bond motifs is 1. The fourth-order valence-electron chi connectivity index (χ4n) is 3.75. The molecule has 2 amide bonds. The molecule has 1 unspecified atom stereocenters. The molecule has 4 rings (SSSR count). The molecule has 2 aliphatic heterocycles. The van der Waals surface area contributed by atoms with E-state index in [2.05, 4.69) is 20.1 Å². The van der Waals surface area contributed by atoms with Crippen molar-refractivity contribution in [2.45, 2.75) is 51.1 Å². The molecule has 0 bridgehead atoms. The fraction of sp³-hybridized carbons (Fsp3) is 0.500. The van der Waals surface area contributed by atoms with Gasteiger partial charge in [-0.1, -0.05) is 24.6 Å². The normalized spacial score (nSPS) is 20.5. The Bertz CT molecular complexity index is 711. The lowest BCUT2D eigenvalue weighted by molar-refractivity contribution is 0.203. The van der Waals surface area contributed by atoms with Gasteiger partial charge >= 0.3 is 6.03 Å². The van der Waals surface area contributed by atoms with Gasteiger partial charge in [0.15, 0.2) is 5.82 Å². The average molecular weight is 325 g/mol. The van der Waals surface area contributed by atoms with Crippen LogP contribution in [0.2, 0.25) is 0 Å². The third-order valence-corrected chi connectivity index (χ3v) is 4.97. The minimum Gasteiger partial charge on any atom is -0.314 e. The van der Waals surface area contributed by atoms with Gasteiger partial charge in [-0.05, 0) is 37.8 Å². The van der Waals surface area contributed by atoms with Crippen molar-refractivity contribution in [2.75, 3.05) is 11.9 Å². The maximum Gasteiger partial charge on any atom is 0.322 e.